The average molecular weight is 478 g/mol. The van der Waals surface area contributed by atoms with Gasteiger partial charge in [0, 0.05) is 30.4 Å². The molecule has 1 aliphatic heterocycles. The van der Waals surface area contributed by atoms with Crippen LogP contribution in [0.1, 0.15) is 44.5 Å². The first-order valence-electron chi connectivity index (χ1n) is 11.5. The van der Waals surface area contributed by atoms with Crippen LogP contribution in [0.15, 0.2) is 41.3 Å². The molecule has 0 saturated carbocycles. The lowest BCUT2D eigenvalue weighted by Gasteiger charge is -2.19. The van der Waals surface area contributed by atoms with E-state index in [-0.39, 0.29) is 11.0 Å². The molecule has 4 heterocycles. The van der Waals surface area contributed by atoms with Crippen molar-refractivity contribution in [1.82, 2.24) is 29.6 Å². The van der Waals surface area contributed by atoms with Gasteiger partial charge in [-0.1, -0.05) is 38.4 Å². The summed E-state index contributed by atoms with van der Waals surface area (Å²) >= 11 is 6.56. The summed E-state index contributed by atoms with van der Waals surface area (Å²) in [5.41, 5.74) is 4.35. The standard InChI is InChI=1S/C25H28ClN7O/c1-5-32-23(34)17-14-28-24(29-19-12-16-13-27-10-9-15(16)11-18(19)26)31-22(17)33(32)21-8-6-7-20(30-21)25(2,3)4/h6-8,11-12,14,27H,5,9-10,13H2,1-4H3,(H,28,29,31). The van der Waals surface area contributed by atoms with Crippen molar-refractivity contribution < 1.29 is 0 Å². The van der Waals surface area contributed by atoms with Crippen LogP contribution in [0.2, 0.25) is 5.02 Å². The molecule has 9 heteroatoms. The number of halogens is 1. The Morgan fingerprint density at radius 1 is 1.18 bits per heavy atom. The van der Waals surface area contributed by atoms with E-state index in [1.807, 2.05) is 37.3 Å². The molecule has 0 saturated heterocycles. The molecule has 1 aromatic carbocycles. The van der Waals surface area contributed by atoms with Gasteiger partial charge in [0.25, 0.3) is 5.56 Å². The summed E-state index contributed by atoms with van der Waals surface area (Å²) in [6.45, 7) is 10.5. The summed E-state index contributed by atoms with van der Waals surface area (Å²) in [6.07, 6.45) is 2.52. The van der Waals surface area contributed by atoms with E-state index < -0.39 is 0 Å². The third-order valence-corrected chi connectivity index (χ3v) is 6.43. The molecule has 0 unspecified atom stereocenters. The third-order valence-electron chi connectivity index (χ3n) is 6.12. The van der Waals surface area contributed by atoms with Crippen LogP contribution >= 0.6 is 11.6 Å². The summed E-state index contributed by atoms with van der Waals surface area (Å²) in [6, 6.07) is 9.89. The fourth-order valence-corrected chi connectivity index (χ4v) is 4.52. The first-order chi connectivity index (χ1) is 16.3. The van der Waals surface area contributed by atoms with Gasteiger partial charge in [0.15, 0.2) is 11.5 Å². The van der Waals surface area contributed by atoms with Crippen LogP contribution in [0.5, 0.6) is 0 Å². The minimum absolute atomic E-state index is 0.129. The summed E-state index contributed by atoms with van der Waals surface area (Å²) < 4.78 is 3.41. The number of hydrogen-bond acceptors (Lipinski definition) is 6. The molecule has 0 atom stereocenters. The van der Waals surface area contributed by atoms with Crippen LogP contribution in [-0.4, -0.2) is 30.9 Å². The Balaban J connectivity index is 1.62. The smallest absolute Gasteiger partial charge is 0.278 e. The van der Waals surface area contributed by atoms with Crippen molar-refractivity contribution >= 4 is 34.3 Å². The molecule has 1 aliphatic rings. The van der Waals surface area contributed by atoms with Crippen molar-refractivity contribution in [3.63, 3.8) is 0 Å². The highest BCUT2D eigenvalue weighted by molar-refractivity contribution is 6.33. The Labute approximate surface area is 203 Å². The predicted octanol–water partition coefficient (Wildman–Crippen LogP) is 4.34. The lowest BCUT2D eigenvalue weighted by Crippen LogP contribution is -2.23. The van der Waals surface area contributed by atoms with E-state index in [2.05, 4.69) is 36.4 Å². The van der Waals surface area contributed by atoms with Gasteiger partial charge in [0.2, 0.25) is 5.95 Å². The Kier molecular flexibility index (Phi) is 5.65. The van der Waals surface area contributed by atoms with Gasteiger partial charge in [0.1, 0.15) is 5.39 Å². The maximum atomic E-state index is 13.1. The van der Waals surface area contributed by atoms with Gasteiger partial charge in [-0.2, -0.15) is 4.98 Å². The molecule has 4 aromatic rings. The molecule has 34 heavy (non-hydrogen) atoms. The van der Waals surface area contributed by atoms with E-state index in [9.17, 15) is 4.79 Å². The van der Waals surface area contributed by atoms with Gasteiger partial charge in [0.05, 0.1) is 10.7 Å². The second kappa shape index (κ2) is 8.52. The molecule has 0 bridgehead atoms. The molecule has 176 valence electrons. The molecule has 0 spiro atoms. The van der Waals surface area contributed by atoms with Crippen molar-refractivity contribution in [2.45, 2.75) is 52.6 Å². The minimum Gasteiger partial charge on any atom is -0.323 e. The van der Waals surface area contributed by atoms with Crippen LogP contribution in [0.3, 0.4) is 0 Å². The number of fused-ring (bicyclic) bond motifs is 2. The molecule has 0 amide bonds. The normalized spacial score (nSPS) is 13.8. The van der Waals surface area contributed by atoms with E-state index in [4.69, 9.17) is 21.6 Å². The van der Waals surface area contributed by atoms with Crippen LogP contribution in [0.4, 0.5) is 11.6 Å². The predicted molar refractivity (Wildman–Crippen MR) is 135 cm³/mol. The van der Waals surface area contributed by atoms with Crippen molar-refractivity contribution in [1.29, 1.82) is 0 Å². The molecule has 2 N–H and O–H groups in total. The fraction of sp³-hybridized carbons (Fsp3) is 0.360. The zero-order valence-electron chi connectivity index (χ0n) is 19.8. The molecule has 5 rings (SSSR count). The second-order valence-corrected chi connectivity index (χ2v) is 9.95. The number of nitrogens with one attached hydrogen (secondary N) is 2. The Morgan fingerprint density at radius 3 is 2.76 bits per heavy atom. The number of hydrogen-bond donors (Lipinski definition) is 2. The maximum absolute atomic E-state index is 13.1. The van der Waals surface area contributed by atoms with Crippen molar-refractivity contribution in [2.24, 2.45) is 0 Å². The number of anilines is 2. The monoisotopic (exact) mass is 477 g/mol. The quantitative estimate of drug-likeness (QED) is 0.454. The van der Waals surface area contributed by atoms with Gasteiger partial charge < -0.3 is 10.6 Å². The number of aromatic nitrogens is 5. The van der Waals surface area contributed by atoms with Gasteiger partial charge in [-0.3, -0.25) is 4.79 Å². The molecular weight excluding hydrogens is 450 g/mol. The lowest BCUT2D eigenvalue weighted by molar-refractivity contribution is 0.545. The molecule has 0 fully saturated rings. The largest absolute Gasteiger partial charge is 0.323 e. The van der Waals surface area contributed by atoms with Crippen LogP contribution in [0.25, 0.3) is 16.9 Å². The highest BCUT2D eigenvalue weighted by Crippen LogP contribution is 2.30. The Hall–Kier alpha value is -3.23. The van der Waals surface area contributed by atoms with Crippen LogP contribution < -0.4 is 16.2 Å². The van der Waals surface area contributed by atoms with Gasteiger partial charge in [-0.25, -0.2) is 19.3 Å². The molecular formula is C25H28ClN7O. The fourth-order valence-electron chi connectivity index (χ4n) is 4.28. The SMILES string of the molecule is CCn1c(=O)c2cnc(Nc3cc4c(cc3Cl)CCNC4)nc2n1-c1cccc(C(C)(C)C)n1. The van der Waals surface area contributed by atoms with Crippen molar-refractivity contribution in [3.05, 3.63) is 68.7 Å². The van der Waals surface area contributed by atoms with Gasteiger partial charge in [-0.05, 0) is 55.3 Å². The van der Waals surface area contributed by atoms with E-state index >= 15 is 0 Å². The highest BCUT2D eigenvalue weighted by atomic mass is 35.5. The highest BCUT2D eigenvalue weighted by Gasteiger charge is 2.21. The molecule has 8 nitrogen and oxygen atoms in total. The summed E-state index contributed by atoms with van der Waals surface area (Å²) in [5.74, 6) is 1.01. The van der Waals surface area contributed by atoms with E-state index in [0.717, 1.165) is 30.9 Å². The zero-order valence-corrected chi connectivity index (χ0v) is 20.6. The van der Waals surface area contributed by atoms with Crippen LogP contribution in [0, 0.1) is 0 Å². The summed E-state index contributed by atoms with van der Waals surface area (Å²) in [5, 5.41) is 7.69. The zero-order chi connectivity index (χ0) is 24.0. The third kappa shape index (κ3) is 3.97. The van der Waals surface area contributed by atoms with E-state index in [0.29, 0.717) is 34.4 Å². The van der Waals surface area contributed by atoms with Crippen molar-refractivity contribution in [2.75, 3.05) is 11.9 Å². The van der Waals surface area contributed by atoms with Crippen molar-refractivity contribution in [3.8, 4) is 5.82 Å². The van der Waals surface area contributed by atoms with Gasteiger partial charge >= 0.3 is 0 Å². The Morgan fingerprint density at radius 2 is 2.00 bits per heavy atom. The van der Waals surface area contributed by atoms with Gasteiger partial charge in [-0.15, -0.1) is 0 Å². The molecule has 3 aromatic heterocycles. The number of pyridine rings is 1. The number of nitrogens with zero attached hydrogens (tertiary/aromatic N) is 5. The van der Waals surface area contributed by atoms with Crippen LogP contribution in [-0.2, 0) is 24.9 Å². The Bertz CT molecular complexity index is 1450. The van der Waals surface area contributed by atoms with E-state index in [1.54, 1.807) is 15.6 Å². The molecule has 0 radical (unpaired) electrons. The first kappa shape index (κ1) is 22.6. The topological polar surface area (TPSA) is 89.7 Å². The number of benzene rings is 1. The summed E-state index contributed by atoms with van der Waals surface area (Å²) in [4.78, 5) is 27.1. The minimum atomic E-state index is -0.148. The second-order valence-electron chi connectivity index (χ2n) is 9.55. The maximum Gasteiger partial charge on any atom is 0.278 e. The van der Waals surface area contributed by atoms with E-state index in [1.165, 1.54) is 11.1 Å². The average Bonchev–Trinajstić information content (AvgIpc) is 3.10. The lowest BCUT2D eigenvalue weighted by atomic mass is 9.92. The summed E-state index contributed by atoms with van der Waals surface area (Å²) in [7, 11) is 0. The molecule has 0 aliphatic carbocycles. The first-order valence-corrected chi connectivity index (χ1v) is 11.9. The number of rotatable bonds is 4.